The Kier molecular flexibility index (Phi) is 8.55. The summed E-state index contributed by atoms with van der Waals surface area (Å²) in [5.74, 6) is 0. The summed E-state index contributed by atoms with van der Waals surface area (Å²) in [6.07, 6.45) is 5.73. The number of aliphatic imine (C=N–C) groups is 1. The van der Waals surface area contributed by atoms with Crippen LogP contribution < -0.4 is 23.8 Å². The summed E-state index contributed by atoms with van der Waals surface area (Å²) in [5.41, 5.74) is 0. The van der Waals surface area contributed by atoms with Crippen molar-refractivity contribution in [2.24, 2.45) is 4.99 Å². The van der Waals surface area contributed by atoms with Crippen LogP contribution in [0.25, 0.3) is 0 Å². The normalized spacial score (nSPS) is 18.8. The van der Waals surface area contributed by atoms with Crippen molar-refractivity contribution in [3.05, 3.63) is 12.4 Å². The Hall–Kier alpha value is -0.163. The number of quaternary nitrogens is 1. The van der Waals surface area contributed by atoms with Gasteiger partial charge in [-0.15, -0.1) is 0 Å². The Morgan fingerprint density at radius 3 is 2.08 bits per heavy atom. The molecule has 0 radical (unpaired) electrons. The van der Waals surface area contributed by atoms with E-state index in [-0.39, 0.29) is 18.9 Å². The number of hydrogen-bond donors (Lipinski definition) is 1. The van der Waals surface area contributed by atoms with E-state index in [0.717, 1.165) is 6.54 Å². The second-order valence-electron chi connectivity index (χ2n) is 1.93. The summed E-state index contributed by atoms with van der Waals surface area (Å²) in [7, 11) is -5.17. The number of nitrogens with zero attached hydrogens (tertiary/aromatic N) is 1. The van der Waals surface area contributed by atoms with Crippen LogP contribution in [0.5, 0.6) is 0 Å². The molecule has 6 nitrogen and oxygen atoms in total. The molecule has 0 aromatic carbocycles. The van der Waals surface area contributed by atoms with E-state index in [9.17, 15) is 0 Å². The van der Waals surface area contributed by atoms with Crippen molar-refractivity contribution in [1.29, 1.82) is 0 Å². The van der Waals surface area contributed by atoms with Crippen molar-refractivity contribution in [1.82, 2.24) is 0 Å². The van der Waals surface area contributed by atoms with E-state index in [4.69, 9.17) is 17.5 Å². The predicted molar refractivity (Wildman–Crippen MR) is 39.6 cm³/mol. The molecule has 0 aromatic heterocycles. The standard InChI is InChI=1S/C5H8N2.Li.H2O4S/c1-2-7-4-3-6-5-7;;1-5(2,3)4/h3-5H,2H2,1H3;;(H2,1,2,3,4)/q;+1;/p-1. The zero-order valence-corrected chi connectivity index (χ0v) is 8.24. The Labute approximate surface area is 89.1 Å². The molecule has 1 aliphatic rings. The molecule has 0 saturated carbocycles. The second kappa shape index (κ2) is 7.26. The third-order valence-electron chi connectivity index (χ3n) is 1.02. The van der Waals surface area contributed by atoms with Gasteiger partial charge in [0.2, 0.25) is 0 Å². The molecule has 1 unspecified atom stereocenters. The minimum Gasteiger partial charge on any atom is -0.759 e. The molecule has 70 valence electrons. The van der Waals surface area contributed by atoms with Gasteiger partial charge < -0.3 is 9.11 Å². The quantitative estimate of drug-likeness (QED) is 0.260. The van der Waals surface area contributed by atoms with Crippen molar-refractivity contribution in [2.45, 2.75) is 6.92 Å². The summed E-state index contributed by atoms with van der Waals surface area (Å²) in [6, 6.07) is 0. The fraction of sp³-hybridized carbons (Fsp3) is 0.400. The Bertz CT molecular complexity index is 254. The van der Waals surface area contributed by atoms with Crippen LogP contribution in [0.2, 0.25) is 0 Å². The van der Waals surface area contributed by atoms with Crippen LogP contribution in [-0.2, 0) is 10.4 Å². The van der Waals surface area contributed by atoms with E-state index in [1.807, 2.05) is 18.7 Å². The zero-order chi connectivity index (χ0) is 9.61. The summed E-state index contributed by atoms with van der Waals surface area (Å²) in [6.45, 7) is 3.22. The van der Waals surface area contributed by atoms with Gasteiger partial charge in [-0.1, -0.05) is 0 Å². The zero-order valence-electron chi connectivity index (χ0n) is 7.43. The Balaban J connectivity index is 0. The van der Waals surface area contributed by atoms with Gasteiger partial charge in [-0.2, -0.15) is 0 Å². The fourth-order valence-electron chi connectivity index (χ4n) is 0.530. The Morgan fingerprint density at radius 2 is 1.92 bits per heavy atom. The third kappa shape index (κ3) is 14.7. The minimum absolute atomic E-state index is 0. The molecule has 1 heterocycles. The van der Waals surface area contributed by atoms with Crippen LogP contribution in [0.3, 0.4) is 0 Å². The number of hydrogen-bond acceptors (Lipinski definition) is 5. The molecule has 13 heavy (non-hydrogen) atoms. The summed E-state index contributed by atoms with van der Waals surface area (Å²) < 4.78 is 34.1. The average Bonchev–Trinajstić information content (AvgIpc) is 2.33. The van der Waals surface area contributed by atoms with E-state index in [1.54, 1.807) is 0 Å². The van der Waals surface area contributed by atoms with Crippen LogP contribution in [0.1, 0.15) is 6.92 Å². The SMILES string of the molecule is CC[NH+]1C=CN=C1.O=S(=O)([O-])[O-].[Li+]. The largest absolute Gasteiger partial charge is 1.00 e. The van der Waals surface area contributed by atoms with Crippen LogP contribution in [-0.4, -0.2) is 30.4 Å². The van der Waals surface area contributed by atoms with Crippen LogP contribution >= 0.6 is 0 Å². The topological polar surface area (TPSA) is 97.1 Å². The first-order valence-electron chi connectivity index (χ1n) is 3.15. The third-order valence-corrected chi connectivity index (χ3v) is 1.02. The molecule has 1 N–H and O–H groups in total. The fourth-order valence-corrected chi connectivity index (χ4v) is 0.530. The molecule has 8 heteroatoms. The maximum atomic E-state index is 8.52. The molecule has 1 atom stereocenters. The van der Waals surface area contributed by atoms with Gasteiger partial charge in [0.1, 0.15) is 6.20 Å². The van der Waals surface area contributed by atoms with Gasteiger partial charge in [0.05, 0.1) is 12.7 Å². The van der Waals surface area contributed by atoms with Crippen LogP contribution in [0.4, 0.5) is 0 Å². The molecule has 0 amide bonds. The number of rotatable bonds is 1. The van der Waals surface area contributed by atoms with Crippen LogP contribution in [0.15, 0.2) is 17.4 Å². The van der Waals surface area contributed by atoms with E-state index in [0.29, 0.717) is 0 Å². The monoisotopic (exact) mass is 200 g/mol. The molecule has 0 aromatic rings. The van der Waals surface area contributed by atoms with Gasteiger partial charge in [0.15, 0.2) is 6.34 Å². The van der Waals surface area contributed by atoms with E-state index >= 15 is 0 Å². The van der Waals surface area contributed by atoms with Gasteiger partial charge >= 0.3 is 18.9 Å². The summed E-state index contributed by atoms with van der Waals surface area (Å²) >= 11 is 0. The van der Waals surface area contributed by atoms with Gasteiger partial charge in [-0.25, -0.2) is 4.99 Å². The molecule has 0 saturated heterocycles. The van der Waals surface area contributed by atoms with Gasteiger partial charge in [-0.05, 0) is 6.92 Å². The molecule has 0 aliphatic carbocycles. The smallest absolute Gasteiger partial charge is 0.759 e. The molecule has 0 bridgehead atoms. The van der Waals surface area contributed by atoms with Crippen molar-refractivity contribution in [3.8, 4) is 0 Å². The van der Waals surface area contributed by atoms with Crippen molar-refractivity contribution < 1.29 is 41.3 Å². The molecule has 0 spiro atoms. The maximum absolute atomic E-state index is 8.52. The minimum atomic E-state index is -5.17. The maximum Gasteiger partial charge on any atom is 1.00 e. The molecule has 1 aliphatic heterocycles. The van der Waals surface area contributed by atoms with Crippen molar-refractivity contribution in [3.63, 3.8) is 0 Å². The van der Waals surface area contributed by atoms with Crippen molar-refractivity contribution >= 4 is 16.7 Å². The molecule has 0 fully saturated rings. The first kappa shape index (κ1) is 15.3. The Morgan fingerprint density at radius 1 is 1.46 bits per heavy atom. The van der Waals surface area contributed by atoms with E-state index in [1.165, 1.54) is 4.90 Å². The van der Waals surface area contributed by atoms with E-state index in [2.05, 4.69) is 11.9 Å². The van der Waals surface area contributed by atoms with Gasteiger partial charge in [0.25, 0.3) is 0 Å². The first-order chi connectivity index (χ1) is 5.43. The number of nitrogens with one attached hydrogen (secondary N) is 1. The average molecular weight is 200 g/mol. The summed E-state index contributed by atoms with van der Waals surface area (Å²) in [4.78, 5) is 5.21. The first-order valence-corrected chi connectivity index (χ1v) is 4.49. The van der Waals surface area contributed by atoms with Gasteiger partial charge in [-0.3, -0.25) is 13.3 Å². The second-order valence-corrected chi connectivity index (χ2v) is 2.75. The van der Waals surface area contributed by atoms with Crippen LogP contribution in [0, 0.1) is 0 Å². The molecular weight excluding hydrogens is 191 g/mol. The molecule has 1 rings (SSSR count). The predicted octanol–water partition coefficient (Wildman–Crippen LogP) is -4.93. The van der Waals surface area contributed by atoms with Crippen molar-refractivity contribution in [2.75, 3.05) is 6.54 Å². The molecular formula is C5H9LiN2O4S. The van der Waals surface area contributed by atoms with Gasteiger partial charge in [0, 0.05) is 10.4 Å². The summed E-state index contributed by atoms with van der Waals surface area (Å²) in [5, 5.41) is 0. The van der Waals surface area contributed by atoms with E-state index < -0.39 is 10.4 Å².